The zero-order valence-corrected chi connectivity index (χ0v) is 9.19. The van der Waals surface area contributed by atoms with Crippen molar-refractivity contribution in [3.63, 3.8) is 0 Å². The van der Waals surface area contributed by atoms with Gasteiger partial charge in [0, 0.05) is 0 Å². The average Bonchev–Trinajstić information content (AvgIpc) is 2.84. The van der Waals surface area contributed by atoms with Crippen LogP contribution in [0.4, 0.5) is 0 Å². The molecule has 2 rings (SSSR count). The van der Waals surface area contributed by atoms with Crippen LogP contribution in [0, 0.1) is 0 Å². The molecule has 0 aliphatic rings. The van der Waals surface area contributed by atoms with Crippen LogP contribution in [0.2, 0.25) is 0 Å². The normalized spacial score (nSPS) is 14.6. The lowest BCUT2D eigenvalue weighted by Crippen LogP contribution is -2.25. The minimum atomic E-state index is -0.455. The number of benzene rings is 1. The minimum absolute atomic E-state index is 0.159. The number of hydrogen-bond acceptors (Lipinski definition) is 3. The van der Waals surface area contributed by atoms with Crippen molar-refractivity contribution in [2.75, 3.05) is 0 Å². The molecule has 1 heterocycles. The maximum absolute atomic E-state index is 10.1. The fraction of sp³-hybridized carbons (Fsp3) is 0.333. The standard InChI is InChI=1S/C12H15N3O/c1-2-11(16)12(15-9-13-8-14-15)10-6-4-3-5-7-10/h3-9,11-12,16H,2H2,1H3. The van der Waals surface area contributed by atoms with E-state index in [1.807, 2.05) is 37.3 Å². The molecule has 1 aromatic heterocycles. The zero-order valence-electron chi connectivity index (χ0n) is 9.19. The van der Waals surface area contributed by atoms with E-state index in [-0.39, 0.29) is 6.04 Å². The maximum atomic E-state index is 10.1. The summed E-state index contributed by atoms with van der Waals surface area (Å²) < 4.78 is 1.70. The molecule has 0 radical (unpaired) electrons. The highest BCUT2D eigenvalue weighted by Gasteiger charge is 2.21. The lowest BCUT2D eigenvalue weighted by atomic mass is 10.00. The van der Waals surface area contributed by atoms with Crippen molar-refractivity contribution in [1.29, 1.82) is 0 Å². The van der Waals surface area contributed by atoms with E-state index in [1.54, 1.807) is 11.0 Å². The molecule has 0 aliphatic carbocycles. The van der Waals surface area contributed by atoms with Crippen LogP contribution in [0.15, 0.2) is 43.0 Å². The Hall–Kier alpha value is -1.68. The Labute approximate surface area is 94.6 Å². The van der Waals surface area contributed by atoms with Crippen molar-refractivity contribution in [1.82, 2.24) is 14.8 Å². The first kappa shape index (κ1) is 10.8. The Morgan fingerprint density at radius 2 is 2.06 bits per heavy atom. The van der Waals surface area contributed by atoms with Gasteiger partial charge in [-0.1, -0.05) is 37.3 Å². The van der Waals surface area contributed by atoms with Crippen LogP contribution in [0.3, 0.4) is 0 Å². The van der Waals surface area contributed by atoms with Crippen LogP contribution in [-0.4, -0.2) is 26.0 Å². The highest BCUT2D eigenvalue weighted by Crippen LogP contribution is 2.22. The highest BCUT2D eigenvalue weighted by molar-refractivity contribution is 5.20. The summed E-state index contributed by atoms with van der Waals surface area (Å²) in [4.78, 5) is 3.93. The Kier molecular flexibility index (Phi) is 3.31. The molecule has 0 bridgehead atoms. The van der Waals surface area contributed by atoms with E-state index in [2.05, 4.69) is 10.1 Å². The smallest absolute Gasteiger partial charge is 0.137 e. The van der Waals surface area contributed by atoms with Crippen molar-refractivity contribution in [2.24, 2.45) is 0 Å². The molecule has 1 N–H and O–H groups in total. The van der Waals surface area contributed by atoms with Crippen molar-refractivity contribution in [3.8, 4) is 0 Å². The molecular formula is C12H15N3O. The molecule has 0 amide bonds. The molecule has 4 heteroatoms. The molecule has 1 aromatic carbocycles. The predicted molar refractivity (Wildman–Crippen MR) is 60.9 cm³/mol. The van der Waals surface area contributed by atoms with Gasteiger partial charge in [-0.15, -0.1) is 0 Å². The fourth-order valence-electron chi connectivity index (χ4n) is 1.79. The summed E-state index contributed by atoms with van der Waals surface area (Å²) in [5.74, 6) is 0. The molecule has 2 aromatic rings. The Balaban J connectivity index is 2.36. The van der Waals surface area contributed by atoms with Crippen LogP contribution in [0.5, 0.6) is 0 Å². The lowest BCUT2D eigenvalue weighted by molar-refractivity contribution is 0.120. The van der Waals surface area contributed by atoms with E-state index in [0.29, 0.717) is 6.42 Å². The van der Waals surface area contributed by atoms with Gasteiger partial charge >= 0.3 is 0 Å². The molecule has 2 unspecified atom stereocenters. The van der Waals surface area contributed by atoms with Crippen LogP contribution in [0.25, 0.3) is 0 Å². The van der Waals surface area contributed by atoms with Crippen LogP contribution in [-0.2, 0) is 0 Å². The minimum Gasteiger partial charge on any atom is -0.391 e. The molecule has 0 aliphatic heterocycles. The number of aliphatic hydroxyl groups excluding tert-OH is 1. The van der Waals surface area contributed by atoms with Gasteiger partial charge in [-0.05, 0) is 12.0 Å². The van der Waals surface area contributed by atoms with Gasteiger partial charge in [-0.3, -0.25) is 0 Å². The maximum Gasteiger partial charge on any atom is 0.137 e. The second kappa shape index (κ2) is 4.90. The first-order chi connectivity index (χ1) is 7.83. The third-order valence-corrected chi connectivity index (χ3v) is 2.65. The summed E-state index contributed by atoms with van der Waals surface area (Å²) in [6.45, 7) is 1.96. The van der Waals surface area contributed by atoms with Crippen LogP contribution in [0.1, 0.15) is 24.9 Å². The van der Waals surface area contributed by atoms with Crippen molar-refractivity contribution >= 4 is 0 Å². The van der Waals surface area contributed by atoms with Crippen LogP contribution < -0.4 is 0 Å². The summed E-state index contributed by atoms with van der Waals surface area (Å²) in [7, 11) is 0. The molecular weight excluding hydrogens is 202 g/mol. The quantitative estimate of drug-likeness (QED) is 0.847. The second-order valence-corrected chi connectivity index (χ2v) is 3.71. The second-order valence-electron chi connectivity index (χ2n) is 3.71. The molecule has 16 heavy (non-hydrogen) atoms. The summed E-state index contributed by atoms with van der Waals surface area (Å²) in [6.07, 6.45) is 3.35. The van der Waals surface area contributed by atoms with Gasteiger partial charge in [0.1, 0.15) is 18.7 Å². The third kappa shape index (κ3) is 2.12. The lowest BCUT2D eigenvalue weighted by Gasteiger charge is -2.22. The molecule has 0 saturated carbocycles. The van der Waals surface area contributed by atoms with Crippen molar-refractivity contribution < 1.29 is 5.11 Å². The number of rotatable bonds is 4. The van der Waals surface area contributed by atoms with Crippen molar-refractivity contribution in [3.05, 3.63) is 48.5 Å². The van der Waals surface area contributed by atoms with Gasteiger partial charge in [0.15, 0.2) is 0 Å². The number of hydrogen-bond donors (Lipinski definition) is 1. The van der Waals surface area contributed by atoms with Gasteiger partial charge in [0.2, 0.25) is 0 Å². The van der Waals surface area contributed by atoms with Gasteiger partial charge in [-0.25, -0.2) is 9.67 Å². The summed E-state index contributed by atoms with van der Waals surface area (Å²) >= 11 is 0. The average molecular weight is 217 g/mol. The monoisotopic (exact) mass is 217 g/mol. The van der Waals surface area contributed by atoms with Gasteiger partial charge in [0.25, 0.3) is 0 Å². The number of aliphatic hydroxyl groups is 1. The van der Waals surface area contributed by atoms with Crippen molar-refractivity contribution in [2.45, 2.75) is 25.5 Å². The summed E-state index contributed by atoms with van der Waals surface area (Å²) in [6, 6.07) is 9.70. The number of nitrogens with zero attached hydrogens (tertiary/aromatic N) is 3. The van der Waals surface area contributed by atoms with E-state index in [1.165, 1.54) is 6.33 Å². The predicted octanol–water partition coefficient (Wildman–Crippen LogP) is 1.64. The highest BCUT2D eigenvalue weighted by atomic mass is 16.3. The van der Waals surface area contributed by atoms with E-state index in [4.69, 9.17) is 0 Å². The van der Waals surface area contributed by atoms with E-state index < -0.39 is 6.10 Å². The van der Waals surface area contributed by atoms with Gasteiger partial charge in [0.05, 0.1) is 6.10 Å². The van der Waals surface area contributed by atoms with Gasteiger partial charge < -0.3 is 5.11 Å². The molecule has 4 nitrogen and oxygen atoms in total. The summed E-state index contributed by atoms with van der Waals surface area (Å²) in [5.41, 5.74) is 1.04. The van der Waals surface area contributed by atoms with Crippen LogP contribution >= 0.6 is 0 Å². The molecule has 84 valence electrons. The first-order valence-corrected chi connectivity index (χ1v) is 5.40. The first-order valence-electron chi connectivity index (χ1n) is 5.40. The zero-order chi connectivity index (χ0) is 11.4. The molecule has 0 spiro atoms. The Morgan fingerprint density at radius 3 is 2.62 bits per heavy atom. The molecule has 0 fully saturated rings. The number of aromatic nitrogens is 3. The van der Waals surface area contributed by atoms with Gasteiger partial charge in [-0.2, -0.15) is 5.10 Å². The van der Waals surface area contributed by atoms with E-state index >= 15 is 0 Å². The summed E-state index contributed by atoms with van der Waals surface area (Å²) in [5, 5.41) is 14.2. The topological polar surface area (TPSA) is 50.9 Å². The van der Waals surface area contributed by atoms with E-state index in [0.717, 1.165) is 5.56 Å². The van der Waals surface area contributed by atoms with E-state index in [9.17, 15) is 5.11 Å². The third-order valence-electron chi connectivity index (χ3n) is 2.65. The molecule has 0 saturated heterocycles. The SMILES string of the molecule is CCC(O)C(c1ccccc1)n1cncn1. The Bertz CT molecular complexity index is 413. The molecule has 2 atom stereocenters. The fourth-order valence-corrected chi connectivity index (χ4v) is 1.79. The Morgan fingerprint density at radius 1 is 1.31 bits per heavy atom. The largest absolute Gasteiger partial charge is 0.391 e.